The third kappa shape index (κ3) is 3.15. The molecule has 0 bridgehead atoms. The first-order valence-corrected chi connectivity index (χ1v) is 8.94. The van der Waals surface area contributed by atoms with Gasteiger partial charge in [0.25, 0.3) is 0 Å². The van der Waals surface area contributed by atoms with E-state index < -0.39 is 9.84 Å². The molecule has 1 fully saturated rings. The molecular formula is C15H23NO3S. The maximum absolute atomic E-state index is 12.4. The highest BCUT2D eigenvalue weighted by molar-refractivity contribution is 7.91. The Morgan fingerprint density at radius 3 is 2.55 bits per heavy atom. The van der Waals surface area contributed by atoms with Crippen LogP contribution in [0.3, 0.4) is 0 Å². The zero-order chi connectivity index (χ0) is 14.6. The van der Waals surface area contributed by atoms with Crippen molar-refractivity contribution in [3.8, 4) is 0 Å². The van der Waals surface area contributed by atoms with E-state index in [1.54, 1.807) is 12.1 Å². The summed E-state index contributed by atoms with van der Waals surface area (Å²) in [6.07, 6.45) is 3.93. The van der Waals surface area contributed by atoms with Gasteiger partial charge in [-0.25, -0.2) is 8.42 Å². The molecule has 4 nitrogen and oxygen atoms in total. The van der Waals surface area contributed by atoms with E-state index in [9.17, 15) is 13.5 Å². The molecule has 0 heterocycles. The average Bonchev–Trinajstić information content (AvgIpc) is 2.36. The van der Waals surface area contributed by atoms with Gasteiger partial charge in [0.15, 0.2) is 9.84 Å². The minimum absolute atomic E-state index is 0.0403. The smallest absolute Gasteiger partial charge is 0.180 e. The van der Waals surface area contributed by atoms with Gasteiger partial charge in [0.05, 0.1) is 22.9 Å². The van der Waals surface area contributed by atoms with E-state index >= 15 is 0 Å². The van der Waals surface area contributed by atoms with Crippen LogP contribution in [0.2, 0.25) is 0 Å². The van der Waals surface area contributed by atoms with Crippen LogP contribution < -0.4 is 4.90 Å². The van der Waals surface area contributed by atoms with Crippen LogP contribution in [0.4, 0.5) is 5.69 Å². The molecule has 0 aliphatic heterocycles. The van der Waals surface area contributed by atoms with Crippen LogP contribution in [-0.2, 0) is 9.84 Å². The third-order valence-electron chi connectivity index (χ3n) is 3.84. The van der Waals surface area contributed by atoms with Crippen molar-refractivity contribution in [3.63, 3.8) is 0 Å². The van der Waals surface area contributed by atoms with E-state index in [4.69, 9.17) is 0 Å². The van der Waals surface area contributed by atoms with E-state index in [1.807, 2.05) is 19.1 Å². The quantitative estimate of drug-likeness (QED) is 0.838. The number of aliphatic hydroxyl groups is 1. The molecule has 0 amide bonds. The molecular weight excluding hydrogens is 274 g/mol. The predicted octanol–water partition coefficient (Wildman–Crippen LogP) is 2.22. The molecule has 0 radical (unpaired) electrons. The summed E-state index contributed by atoms with van der Waals surface area (Å²) in [5, 5.41) is 9.27. The van der Waals surface area contributed by atoms with Crippen molar-refractivity contribution in [1.82, 2.24) is 0 Å². The Hall–Kier alpha value is -1.07. The molecule has 1 aliphatic rings. The zero-order valence-corrected chi connectivity index (χ0v) is 12.8. The highest BCUT2D eigenvalue weighted by atomic mass is 32.2. The Morgan fingerprint density at radius 2 is 2.00 bits per heavy atom. The number of para-hydroxylation sites is 1. The van der Waals surface area contributed by atoms with E-state index in [0.29, 0.717) is 23.9 Å². The van der Waals surface area contributed by atoms with Crippen LogP contribution in [0, 0.1) is 0 Å². The van der Waals surface area contributed by atoms with Gasteiger partial charge in [-0.1, -0.05) is 19.1 Å². The van der Waals surface area contributed by atoms with Crippen LogP contribution in [0.15, 0.2) is 29.2 Å². The average molecular weight is 297 g/mol. The first-order chi connectivity index (χ1) is 9.60. The van der Waals surface area contributed by atoms with Crippen molar-refractivity contribution < 1.29 is 13.5 Å². The normalized spacial score (nSPS) is 15.9. The van der Waals surface area contributed by atoms with Crippen LogP contribution in [0.5, 0.6) is 0 Å². The monoisotopic (exact) mass is 297 g/mol. The predicted molar refractivity (Wildman–Crippen MR) is 80.9 cm³/mol. The van der Waals surface area contributed by atoms with Crippen LogP contribution in [0.1, 0.15) is 32.6 Å². The number of sulfone groups is 1. The van der Waals surface area contributed by atoms with Crippen LogP contribution in [-0.4, -0.2) is 38.5 Å². The summed E-state index contributed by atoms with van der Waals surface area (Å²) < 4.78 is 24.8. The highest BCUT2D eigenvalue weighted by Gasteiger charge is 2.28. The van der Waals surface area contributed by atoms with Gasteiger partial charge in [0.2, 0.25) is 0 Å². The maximum atomic E-state index is 12.4. The van der Waals surface area contributed by atoms with Gasteiger partial charge in [0.1, 0.15) is 0 Å². The van der Waals surface area contributed by atoms with Gasteiger partial charge >= 0.3 is 0 Å². The van der Waals surface area contributed by atoms with Gasteiger partial charge in [-0.05, 0) is 37.8 Å². The largest absolute Gasteiger partial charge is 0.395 e. The first-order valence-electron chi connectivity index (χ1n) is 7.29. The summed E-state index contributed by atoms with van der Waals surface area (Å²) in [5.41, 5.74) is 0.750. The molecule has 5 heteroatoms. The molecule has 20 heavy (non-hydrogen) atoms. The number of anilines is 1. The van der Waals surface area contributed by atoms with E-state index in [2.05, 4.69) is 4.90 Å². The fourth-order valence-corrected chi connectivity index (χ4v) is 4.19. The molecule has 1 saturated carbocycles. The number of rotatable bonds is 7. The molecule has 1 aliphatic carbocycles. The standard InChI is InChI=1S/C15H23NO3S/c1-2-12-20(18,19)15-9-4-3-8-14(15)16(10-11-17)13-6-5-7-13/h3-4,8-9,13,17H,2,5-7,10-12H2,1H3. The van der Waals surface area contributed by atoms with Crippen LogP contribution >= 0.6 is 0 Å². The van der Waals surface area contributed by atoms with Gasteiger partial charge < -0.3 is 10.0 Å². The number of hydrogen-bond acceptors (Lipinski definition) is 4. The van der Waals surface area contributed by atoms with Crippen molar-refractivity contribution in [2.45, 2.75) is 43.5 Å². The molecule has 1 N–H and O–H groups in total. The van der Waals surface area contributed by atoms with Crippen molar-refractivity contribution in [3.05, 3.63) is 24.3 Å². The molecule has 0 aromatic heterocycles. The lowest BCUT2D eigenvalue weighted by Gasteiger charge is -2.39. The van der Waals surface area contributed by atoms with E-state index in [-0.39, 0.29) is 12.4 Å². The number of aliphatic hydroxyl groups excluding tert-OH is 1. The van der Waals surface area contributed by atoms with Gasteiger partial charge in [0, 0.05) is 12.6 Å². The third-order valence-corrected chi connectivity index (χ3v) is 5.80. The molecule has 1 aromatic carbocycles. The molecule has 0 spiro atoms. The van der Waals surface area contributed by atoms with Gasteiger partial charge in [-0.15, -0.1) is 0 Å². The number of nitrogens with zero attached hydrogens (tertiary/aromatic N) is 1. The second kappa shape index (κ2) is 6.59. The molecule has 0 atom stereocenters. The maximum Gasteiger partial charge on any atom is 0.180 e. The van der Waals surface area contributed by atoms with Crippen molar-refractivity contribution in [1.29, 1.82) is 0 Å². The number of hydrogen-bond donors (Lipinski definition) is 1. The summed E-state index contributed by atoms with van der Waals surface area (Å²) in [4.78, 5) is 2.47. The van der Waals surface area contributed by atoms with E-state index in [1.165, 1.54) is 6.42 Å². The molecule has 1 aromatic rings. The lowest BCUT2D eigenvalue weighted by atomic mass is 9.91. The highest BCUT2D eigenvalue weighted by Crippen LogP contribution is 2.33. The van der Waals surface area contributed by atoms with Crippen molar-refractivity contribution in [2.75, 3.05) is 23.8 Å². The van der Waals surface area contributed by atoms with E-state index in [0.717, 1.165) is 18.5 Å². The summed E-state index contributed by atoms with van der Waals surface area (Å²) in [5.74, 6) is 0.168. The first kappa shape index (κ1) is 15.3. The molecule has 2 rings (SSSR count). The fraction of sp³-hybridized carbons (Fsp3) is 0.600. The summed E-state index contributed by atoms with van der Waals surface area (Å²) in [7, 11) is -3.25. The molecule has 0 unspecified atom stereocenters. The lowest BCUT2D eigenvalue weighted by Crippen LogP contribution is -2.42. The summed E-state index contributed by atoms with van der Waals surface area (Å²) in [6, 6.07) is 7.54. The van der Waals surface area contributed by atoms with Gasteiger partial charge in [-0.3, -0.25) is 0 Å². The van der Waals surface area contributed by atoms with Crippen LogP contribution in [0.25, 0.3) is 0 Å². The lowest BCUT2D eigenvalue weighted by molar-refractivity contribution is 0.283. The molecule has 0 saturated heterocycles. The SMILES string of the molecule is CCCS(=O)(=O)c1ccccc1N(CCO)C1CCC1. The minimum atomic E-state index is -3.25. The van der Waals surface area contributed by atoms with Gasteiger partial charge in [-0.2, -0.15) is 0 Å². The summed E-state index contributed by atoms with van der Waals surface area (Å²) >= 11 is 0. The second-order valence-corrected chi connectivity index (χ2v) is 7.37. The van der Waals surface area contributed by atoms with Crippen molar-refractivity contribution >= 4 is 15.5 Å². The minimum Gasteiger partial charge on any atom is -0.395 e. The Balaban J connectivity index is 2.39. The Kier molecular flexibility index (Phi) is 5.05. The zero-order valence-electron chi connectivity index (χ0n) is 12.0. The molecule has 112 valence electrons. The topological polar surface area (TPSA) is 57.6 Å². The Morgan fingerprint density at radius 1 is 1.30 bits per heavy atom. The second-order valence-electron chi connectivity index (χ2n) is 5.29. The Labute approximate surface area is 121 Å². The van der Waals surface area contributed by atoms with Crippen molar-refractivity contribution in [2.24, 2.45) is 0 Å². The Bertz CT molecular complexity index is 538. The summed E-state index contributed by atoms with van der Waals surface area (Å²) in [6.45, 7) is 2.40. The fourth-order valence-electron chi connectivity index (χ4n) is 2.64. The number of benzene rings is 1.